The van der Waals surface area contributed by atoms with E-state index in [-0.39, 0.29) is 12.3 Å². The Morgan fingerprint density at radius 3 is 2.68 bits per heavy atom. The van der Waals surface area contributed by atoms with E-state index >= 15 is 0 Å². The molecular weight excluding hydrogens is 276 g/mol. The summed E-state index contributed by atoms with van der Waals surface area (Å²) in [7, 11) is 0. The van der Waals surface area contributed by atoms with E-state index in [4.69, 9.17) is 4.52 Å². The molecule has 0 aliphatic heterocycles. The quantitative estimate of drug-likeness (QED) is 0.775. The SMILES string of the molecule is CCCc1ccc(NC(=O)Cc2noc3ccccc23)cc1. The topological polar surface area (TPSA) is 55.1 Å². The standard InChI is InChI=1S/C18H18N2O2/c1-2-5-13-8-10-14(11-9-13)19-18(21)12-16-15-6-3-4-7-17(15)22-20-16/h3-4,6-11H,2,5,12H2,1H3,(H,19,21). The largest absolute Gasteiger partial charge is 0.356 e. The van der Waals surface area contributed by atoms with Gasteiger partial charge < -0.3 is 9.84 Å². The van der Waals surface area contributed by atoms with Crippen molar-refractivity contribution in [2.45, 2.75) is 26.2 Å². The number of amides is 1. The summed E-state index contributed by atoms with van der Waals surface area (Å²) in [4.78, 5) is 12.1. The van der Waals surface area contributed by atoms with Crippen LogP contribution in [0.2, 0.25) is 0 Å². The second-order valence-corrected chi connectivity index (χ2v) is 5.30. The number of aromatic nitrogens is 1. The lowest BCUT2D eigenvalue weighted by atomic mass is 10.1. The number of aryl methyl sites for hydroxylation is 1. The van der Waals surface area contributed by atoms with Gasteiger partial charge in [0, 0.05) is 11.1 Å². The molecule has 2 aromatic carbocycles. The highest BCUT2D eigenvalue weighted by Crippen LogP contribution is 2.19. The first-order valence-electron chi connectivity index (χ1n) is 7.48. The molecule has 0 aliphatic rings. The van der Waals surface area contributed by atoms with E-state index in [1.54, 1.807) is 0 Å². The number of rotatable bonds is 5. The highest BCUT2D eigenvalue weighted by Gasteiger charge is 2.12. The third kappa shape index (κ3) is 3.17. The molecule has 0 spiro atoms. The van der Waals surface area contributed by atoms with E-state index in [0.29, 0.717) is 11.3 Å². The van der Waals surface area contributed by atoms with Crippen molar-refractivity contribution in [3.8, 4) is 0 Å². The average Bonchev–Trinajstić information content (AvgIpc) is 2.93. The maximum atomic E-state index is 12.1. The third-order valence-corrected chi connectivity index (χ3v) is 3.56. The van der Waals surface area contributed by atoms with Gasteiger partial charge in [0.25, 0.3) is 0 Å². The summed E-state index contributed by atoms with van der Waals surface area (Å²) in [6.45, 7) is 2.15. The van der Waals surface area contributed by atoms with E-state index in [1.807, 2.05) is 48.5 Å². The first-order valence-corrected chi connectivity index (χ1v) is 7.48. The fourth-order valence-corrected chi connectivity index (χ4v) is 2.47. The summed E-state index contributed by atoms with van der Waals surface area (Å²) < 4.78 is 5.21. The Labute approximate surface area is 129 Å². The number of benzene rings is 2. The van der Waals surface area contributed by atoms with Crippen molar-refractivity contribution in [1.29, 1.82) is 0 Å². The minimum absolute atomic E-state index is 0.0951. The number of hydrogen-bond donors (Lipinski definition) is 1. The summed E-state index contributed by atoms with van der Waals surface area (Å²) in [5, 5.41) is 7.76. The van der Waals surface area contributed by atoms with Gasteiger partial charge in [-0.05, 0) is 36.2 Å². The van der Waals surface area contributed by atoms with E-state index in [1.165, 1.54) is 5.56 Å². The highest BCUT2D eigenvalue weighted by molar-refractivity contribution is 5.94. The van der Waals surface area contributed by atoms with Crippen molar-refractivity contribution in [2.75, 3.05) is 5.32 Å². The Morgan fingerprint density at radius 2 is 1.91 bits per heavy atom. The normalized spacial score (nSPS) is 10.8. The molecule has 0 atom stereocenters. The molecule has 112 valence electrons. The number of nitrogens with one attached hydrogen (secondary N) is 1. The van der Waals surface area contributed by atoms with Crippen LogP contribution in [0.1, 0.15) is 24.6 Å². The predicted octanol–water partition coefficient (Wildman–Crippen LogP) is 3.96. The molecule has 1 amide bonds. The summed E-state index contributed by atoms with van der Waals surface area (Å²) in [5.41, 5.74) is 3.45. The van der Waals surface area contributed by atoms with Crippen LogP contribution in [0.15, 0.2) is 53.1 Å². The second-order valence-electron chi connectivity index (χ2n) is 5.30. The first kappa shape index (κ1) is 14.3. The summed E-state index contributed by atoms with van der Waals surface area (Å²) in [5.74, 6) is -0.0951. The molecule has 0 unspecified atom stereocenters. The molecule has 4 nitrogen and oxygen atoms in total. The molecule has 22 heavy (non-hydrogen) atoms. The molecule has 3 rings (SSSR count). The molecule has 0 saturated heterocycles. The number of nitrogens with zero attached hydrogens (tertiary/aromatic N) is 1. The molecular formula is C18H18N2O2. The van der Waals surface area contributed by atoms with Crippen molar-refractivity contribution in [3.05, 3.63) is 59.8 Å². The Hall–Kier alpha value is -2.62. The van der Waals surface area contributed by atoms with E-state index in [9.17, 15) is 4.79 Å². The van der Waals surface area contributed by atoms with Crippen LogP contribution in [0.25, 0.3) is 11.0 Å². The zero-order chi connectivity index (χ0) is 15.4. The molecule has 4 heteroatoms. The number of anilines is 1. The van der Waals surface area contributed by atoms with Crippen LogP contribution in [0.4, 0.5) is 5.69 Å². The lowest BCUT2D eigenvalue weighted by molar-refractivity contribution is -0.115. The molecule has 3 aromatic rings. The fraction of sp³-hybridized carbons (Fsp3) is 0.222. The minimum atomic E-state index is -0.0951. The van der Waals surface area contributed by atoms with Crippen molar-refractivity contribution < 1.29 is 9.32 Å². The Balaban J connectivity index is 1.67. The Bertz CT molecular complexity index is 775. The Kier molecular flexibility index (Phi) is 4.19. The fourth-order valence-electron chi connectivity index (χ4n) is 2.47. The van der Waals surface area contributed by atoms with Gasteiger partial charge in [-0.25, -0.2) is 0 Å². The maximum absolute atomic E-state index is 12.1. The molecule has 0 aliphatic carbocycles. The second kappa shape index (κ2) is 6.43. The number of carbonyl (C=O) groups excluding carboxylic acids is 1. The monoisotopic (exact) mass is 294 g/mol. The molecule has 1 heterocycles. The van der Waals surface area contributed by atoms with Crippen LogP contribution in [0.5, 0.6) is 0 Å². The lowest BCUT2D eigenvalue weighted by Gasteiger charge is -2.05. The lowest BCUT2D eigenvalue weighted by Crippen LogP contribution is -2.14. The van der Waals surface area contributed by atoms with Gasteiger partial charge in [0.2, 0.25) is 5.91 Å². The molecule has 0 bridgehead atoms. The number of hydrogen-bond acceptors (Lipinski definition) is 3. The first-order chi connectivity index (χ1) is 10.8. The zero-order valence-corrected chi connectivity index (χ0v) is 12.5. The van der Waals surface area contributed by atoms with Crippen molar-refractivity contribution in [3.63, 3.8) is 0 Å². The predicted molar refractivity (Wildman–Crippen MR) is 86.8 cm³/mol. The van der Waals surface area contributed by atoms with Crippen LogP contribution in [0.3, 0.4) is 0 Å². The van der Waals surface area contributed by atoms with Crippen LogP contribution in [0, 0.1) is 0 Å². The average molecular weight is 294 g/mol. The van der Waals surface area contributed by atoms with E-state index in [0.717, 1.165) is 23.9 Å². The van der Waals surface area contributed by atoms with E-state index in [2.05, 4.69) is 17.4 Å². The van der Waals surface area contributed by atoms with Crippen LogP contribution < -0.4 is 5.32 Å². The van der Waals surface area contributed by atoms with Gasteiger partial charge in [0.1, 0.15) is 5.69 Å². The molecule has 1 N–H and O–H groups in total. The van der Waals surface area contributed by atoms with Gasteiger partial charge in [-0.1, -0.05) is 42.8 Å². The highest BCUT2D eigenvalue weighted by atomic mass is 16.5. The molecule has 0 radical (unpaired) electrons. The van der Waals surface area contributed by atoms with Gasteiger partial charge in [0.15, 0.2) is 5.58 Å². The van der Waals surface area contributed by atoms with Crippen molar-refractivity contribution >= 4 is 22.6 Å². The smallest absolute Gasteiger partial charge is 0.230 e. The molecule has 0 saturated carbocycles. The summed E-state index contributed by atoms with van der Waals surface area (Å²) in [6, 6.07) is 15.5. The van der Waals surface area contributed by atoms with Crippen molar-refractivity contribution in [2.24, 2.45) is 0 Å². The van der Waals surface area contributed by atoms with Crippen LogP contribution in [-0.2, 0) is 17.6 Å². The van der Waals surface area contributed by atoms with Crippen molar-refractivity contribution in [1.82, 2.24) is 5.16 Å². The third-order valence-electron chi connectivity index (χ3n) is 3.56. The van der Waals surface area contributed by atoms with Crippen LogP contribution >= 0.6 is 0 Å². The van der Waals surface area contributed by atoms with Gasteiger partial charge in [0.05, 0.1) is 6.42 Å². The van der Waals surface area contributed by atoms with E-state index < -0.39 is 0 Å². The van der Waals surface area contributed by atoms with Gasteiger partial charge in [-0.2, -0.15) is 0 Å². The summed E-state index contributed by atoms with van der Waals surface area (Å²) in [6.07, 6.45) is 2.37. The Morgan fingerprint density at radius 1 is 1.14 bits per heavy atom. The van der Waals surface area contributed by atoms with Gasteiger partial charge in [-0.15, -0.1) is 0 Å². The summed E-state index contributed by atoms with van der Waals surface area (Å²) >= 11 is 0. The zero-order valence-electron chi connectivity index (χ0n) is 12.5. The molecule has 0 fully saturated rings. The maximum Gasteiger partial charge on any atom is 0.230 e. The van der Waals surface area contributed by atoms with Gasteiger partial charge in [-0.3, -0.25) is 4.79 Å². The van der Waals surface area contributed by atoms with Gasteiger partial charge >= 0.3 is 0 Å². The number of carbonyl (C=O) groups is 1. The van der Waals surface area contributed by atoms with Crippen LogP contribution in [-0.4, -0.2) is 11.1 Å². The number of para-hydroxylation sites is 1. The molecule has 1 aromatic heterocycles. The minimum Gasteiger partial charge on any atom is -0.356 e. The number of fused-ring (bicyclic) bond motifs is 1.